The Morgan fingerprint density at radius 2 is 1.78 bits per heavy atom. The van der Waals surface area contributed by atoms with Crippen molar-refractivity contribution in [1.82, 2.24) is 10.6 Å². The third-order valence-electron chi connectivity index (χ3n) is 3.32. The van der Waals surface area contributed by atoms with E-state index >= 15 is 0 Å². The summed E-state index contributed by atoms with van der Waals surface area (Å²) in [6, 6.07) is 5.93. The molecule has 0 saturated heterocycles. The molecule has 124 valence electrons. The molecule has 0 radical (unpaired) electrons. The first kappa shape index (κ1) is 18.5. The van der Waals surface area contributed by atoms with Gasteiger partial charge in [-0.2, -0.15) is 0 Å². The summed E-state index contributed by atoms with van der Waals surface area (Å²) in [6.45, 7) is 3.36. The van der Waals surface area contributed by atoms with Gasteiger partial charge in [0.15, 0.2) is 0 Å². The number of benzene rings is 1. The molecule has 23 heavy (non-hydrogen) atoms. The Morgan fingerprint density at radius 1 is 1.17 bits per heavy atom. The molecular formula is C15H23BN4O3. The van der Waals surface area contributed by atoms with Crippen LogP contribution >= 0.6 is 0 Å². The molecule has 1 atom stereocenters. The van der Waals surface area contributed by atoms with Gasteiger partial charge in [0.2, 0.25) is 11.8 Å². The quantitative estimate of drug-likeness (QED) is 0.511. The van der Waals surface area contributed by atoms with Crippen molar-refractivity contribution < 1.29 is 14.4 Å². The van der Waals surface area contributed by atoms with Gasteiger partial charge in [-0.1, -0.05) is 37.9 Å². The molecule has 8 heteroatoms. The maximum Gasteiger partial charge on any atom is 0.312 e. The van der Waals surface area contributed by atoms with Gasteiger partial charge in [0, 0.05) is 5.69 Å². The van der Waals surface area contributed by atoms with Crippen molar-refractivity contribution in [2.45, 2.75) is 26.2 Å². The topological polar surface area (TPSA) is 113 Å². The van der Waals surface area contributed by atoms with E-state index in [2.05, 4.69) is 16.0 Å². The summed E-state index contributed by atoms with van der Waals surface area (Å²) in [6.07, 6.45) is 0.924. The number of anilines is 1. The van der Waals surface area contributed by atoms with Gasteiger partial charge in [-0.25, -0.2) is 4.79 Å². The Bertz CT molecular complexity index is 560. The normalized spacial score (nSPS) is 11.6. The molecule has 1 aromatic rings. The van der Waals surface area contributed by atoms with E-state index in [1.807, 2.05) is 32.1 Å². The number of nitrogens with one attached hydrogen (secondary N) is 3. The number of carbonyl (C=O) groups is 3. The zero-order valence-electron chi connectivity index (χ0n) is 13.7. The van der Waals surface area contributed by atoms with Crippen LogP contribution in [0.25, 0.3) is 0 Å². The Labute approximate surface area is 136 Å². The molecule has 0 bridgehead atoms. The van der Waals surface area contributed by atoms with Gasteiger partial charge in [0.1, 0.15) is 13.9 Å². The molecule has 1 aromatic carbocycles. The highest BCUT2D eigenvalue weighted by atomic mass is 16.2. The maximum absolute atomic E-state index is 12.0. The van der Waals surface area contributed by atoms with Crippen LogP contribution in [0.5, 0.6) is 0 Å². The van der Waals surface area contributed by atoms with Gasteiger partial charge in [-0.3, -0.25) is 9.59 Å². The highest BCUT2D eigenvalue weighted by Crippen LogP contribution is 2.09. The first-order valence-electron chi connectivity index (χ1n) is 7.56. The molecule has 4 amide bonds. The first-order chi connectivity index (χ1) is 10.8. The fraction of sp³-hybridized carbons (Fsp3) is 0.400. The van der Waals surface area contributed by atoms with Gasteiger partial charge in [0.05, 0.1) is 6.54 Å². The lowest BCUT2D eigenvalue weighted by Crippen LogP contribution is -2.52. The molecule has 1 unspecified atom stereocenters. The minimum atomic E-state index is -0.778. The van der Waals surface area contributed by atoms with Crippen molar-refractivity contribution >= 4 is 31.4 Å². The molecule has 1 rings (SSSR count). The fourth-order valence-electron chi connectivity index (χ4n) is 1.99. The standard InChI is InChI=1S/C15H23BN4O3/c1-9(2)13(20-15(17)23)14(22)18-8-12(21)19-11-5-3-10(7-16)4-6-11/h3-6,9,13H,7-8,16H2,1-2H3,(H,18,22)(H,19,21)(H3,17,20,23). The molecule has 5 N–H and O–H groups in total. The van der Waals surface area contributed by atoms with Crippen LogP contribution in [0.15, 0.2) is 24.3 Å². The molecule has 0 heterocycles. The van der Waals surface area contributed by atoms with Crippen LogP contribution in [0.2, 0.25) is 0 Å². The van der Waals surface area contributed by atoms with Crippen LogP contribution in [0.3, 0.4) is 0 Å². The first-order valence-corrected chi connectivity index (χ1v) is 7.56. The van der Waals surface area contributed by atoms with E-state index < -0.39 is 18.0 Å². The molecule has 0 aliphatic carbocycles. The van der Waals surface area contributed by atoms with Crippen molar-refractivity contribution in [3.05, 3.63) is 29.8 Å². The summed E-state index contributed by atoms with van der Waals surface area (Å²) < 4.78 is 0. The van der Waals surface area contributed by atoms with Crippen LogP contribution < -0.4 is 21.7 Å². The van der Waals surface area contributed by atoms with Crippen molar-refractivity contribution in [2.75, 3.05) is 11.9 Å². The number of rotatable bonds is 7. The van der Waals surface area contributed by atoms with Gasteiger partial charge in [-0.05, 0) is 18.1 Å². The Hall–Kier alpha value is -2.51. The van der Waals surface area contributed by atoms with E-state index in [9.17, 15) is 14.4 Å². The van der Waals surface area contributed by atoms with E-state index in [-0.39, 0.29) is 18.4 Å². The van der Waals surface area contributed by atoms with E-state index in [0.29, 0.717) is 5.69 Å². The zero-order chi connectivity index (χ0) is 17.4. The molecule has 0 fully saturated rings. The minimum absolute atomic E-state index is 0.146. The Balaban J connectivity index is 2.50. The Morgan fingerprint density at radius 3 is 2.26 bits per heavy atom. The molecule has 0 aromatic heterocycles. The second kappa shape index (κ2) is 8.82. The van der Waals surface area contributed by atoms with Crippen LogP contribution in [-0.4, -0.2) is 38.3 Å². The predicted octanol–water partition coefficient (Wildman–Crippen LogP) is -0.433. The number of hydrogen-bond donors (Lipinski definition) is 4. The summed E-state index contributed by atoms with van der Waals surface area (Å²) in [4.78, 5) is 34.7. The highest BCUT2D eigenvalue weighted by Gasteiger charge is 2.23. The molecule has 0 spiro atoms. The van der Waals surface area contributed by atoms with Crippen LogP contribution in [0.1, 0.15) is 19.4 Å². The van der Waals surface area contributed by atoms with Crippen LogP contribution in [0.4, 0.5) is 10.5 Å². The minimum Gasteiger partial charge on any atom is -0.352 e. The van der Waals surface area contributed by atoms with Crippen molar-refractivity contribution in [1.29, 1.82) is 0 Å². The van der Waals surface area contributed by atoms with E-state index in [4.69, 9.17) is 5.73 Å². The largest absolute Gasteiger partial charge is 0.352 e. The van der Waals surface area contributed by atoms with E-state index in [1.165, 1.54) is 5.56 Å². The SMILES string of the molecule is BCc1ccc(NC(=O)CNC(=O)C(NC(N)=O)C(C)C)cc1. The fourth-order valence-corrected chi connectivity index (χ4v) is 1.99. The average Bonchev–Trinajstić information content (AvgIpc) is 2.50. The monoisotopic (exact) mass is 318 g/mol. The maximum atomic E-state index is 12.0. The van der Waals surface area contributed by atoms with Crippen LogP contribution in [-0.2, 0) is 15.9 Å². The lowest BCUT2D eigenvalue weighted by atomic mass is 9.97. The molecular weight excluding hydrogens is 295 g/mol. The summed E-state index contributed by atoms with van der Waals surface area (Å²) >= 11 is 0. The van der Waals surface area contributed by atoms with Crippen molar-refractivity contribution in [2.24, 2.45) is 11.7 Å². The van der Waals surface area contributed by atoms with Crippen molar-refractivity contribution in [3.8, 4) is 0 Å². The third kappa shape index (κ3) is 6.42. The van der Waals surface area contributed by atoms with E-state index in [1.54, 1.807) is 13.8 Å². The number of hydrogen-bond acceptors (Lipinski definition) is 3. The lowest BCUT2D eigenvalue weighted by molar-refractivity contribution is -0.126. The second-order valence-corrected chi connectivity index (χ2v) is 5.55. The lowest BCUT2D eigenvalue weighted by Gasteiger charge is -2.20. The number of urea groups is 1. The predicted molar refractivity (Wildman–Crippen MR) is 91.7 cm³/mol. The third-order valence-corrected chi connectivity index (χ3v) is 3.32. The van der Waals surface area contributed by atoms with Gasteiger partial charge in [-0.15, -0.1) is 0 Å². The van der Waals surface area contributed by atoms with Gasteiger partial charge < -0.3 is 21.7 Å². The number of carbonyl (C=O) groups excluding carboxylic acids is 3. The summed E-state index contributed by atoms with van der Waals surface area (Å²) in [5.74, 6) is -0.938. The van der Waals surface area contributed by atoms with Crippen LogP contribution in [0, 0.1) is 5.92 Å². The molecule has 0 aliphatic heterocycles. The Kier molecular flexibility index (Phi) is 7.11. The number of amides is 4. The smallest absolute Gasteiger partial charge is 0.312 e. The molecule has 7 nitrogen and oxygen atoms in total. The van der Waals surface area contributed by atoms with E-state index in [0.717, 1.165) is 6.32 Å². The number of nitrogens with two attached hydrogens (primary N) is 1. The highest BCUT2D eigenvalue weighted by molar-refractivity contribution is 6.08. The number of primary amides is 1. The zero-order valence-corrected chi connectivity index (χ0v) is 13.7. The summed E-state index contributed by atoms with van der Waals surface area (Å²) in [5.41, 5.74) is 6.88. The van der Waals surface area contributed by atoms with Gasteiger partial charge >= 0.3 is 6.03 Å². The van der Waals surface area contributed by atoms with Crippen molar-refractivity contribution in [3.63, 3.8) is 0 Å². The summed E-state index contributed by atoms with van der Waals surface area (Å²) in [7, 11) is 2.05. The van der Waals surface area contributed by atoms with Gasteiger partial charge in [0.25, 0.3) is 0 Å². The average molecular weight is 318 g/mol. The summed E-state index contributed by atoms with van der Waals surface area (Å²) in [5, 5.41) is 7.54. The molecule has 0 saturated carbocycles. The second-order valence-electron chi connectivity index (χ2n) is 5.55. The molecule has 0 aliphatic rings.